The third-order valence-corrected chi connectivity index (χ3v) is 4.37. The van der Waals surface area contributed by atoms with Gasteiger partial charge >= 0.3 is 0 Å². The predicted molar refractivity (Wildman–Crippen MR) is 115 cm³/mol. The van der Waals surface area contributed by atoms with Crippen molar-refractivity contribution in [3.05, 3.63) is 46.4 Å². The number of aromatic nitrogens is 1. The molecular formula is C17H26IN5S. The molecule has 2 rings (SSSR count). The molecule has 0 unspecified atom stereocenters. The monoisotopic (exact) mass is 459 g/mol. The number of aliphatic imine (C=N–C) groups is 1. The van der Waals surface area contributed by atoms with Crippen molar-refractivity contribution in [2.24, 2.45) is 4.99 Å². The van der Waals surface area contributed by atoms with Crippen molar-refractivity contribution in [1.82, 2.24) is 15.6 Å². The Balaban J connectivity index is 0.00000288. The number of halogens is 1. The quantitative estimate of drug-likeness (QED) is 0.289. The maximum atomic E-state index is 4.34. The Morgan fingerprint density at radius 1 is 1.25 bits per heavy atom. The zero-order chi connectivity index (χ0) is 16.5. The van der Waals surface area contributed by atoms with Crippen molar-refractivity contribution < 1.29 is 0 Å². The molecule has 1 heterocycles. The Kier molecular flexibility index (Phi) is 9.70. The van der Waals surface area contributed by atoms with Crippen LogP contribution in [0.1, 0.15) is 16.3 Å². The van der Waals surface area contributed by atoms with Crippen LogP contribution in [0.4, 0.5) is 5.69 Å². The third kappa shape index (κ3) is 7.04. The smallest absolute Gasteiger partial charge is 0.191 e. The SMILES string of the molecule is CN=C(NCCCN(C)c1ccccc1)NCc1ncc(C)s1.I. The fraction of sp³-hybridized carbons (Fsp3) is 0.412. The maximum absolute atomic E-state index is 4.34. The molecule has 0 bridgehead atoms. The zero-order valence-electron chi connectivity index (χ0n) is 14.5. The third-order valence-electron chi connectivity index (χ3n) is 3.46. The van der Waals surface area contributed by atoms with Gasteiger partial charge in [0.05, 0.1) is 6.54 Å². The van der Waals surface area contributed by atoms with E-state index in [2.05, 4.69) is 63.7 Å². The summed E-state index contributed by atoms with van der Waals surface area (Å²) < 4.78 is 0. The van der Waals surface area contributed by atoms with Crippen molar-refractivity contribution >= 4 is 47.0 Å². The van der Waals surface area contributed by atoms with E-state index in [1.807, 2.05) is 12.3 Å². The van der Waals surface area contributed by atoms with E-state index in [1.54, 1.807) is 18.4 Å². The lowest BCUT2D eigenvalue weighted by Crippen LogP contribution is -2.38. The first-order valence-electron chi connectivity index (χ1n) is 7.81. The fourth-order valence-corrected chi connectivity index (χ4v) is 2.92. The molecule has 0 fully saturated rings. The van der Waals surface area contributed by atoms with Gasteiger partial charge in [0.1, 0.15) is 5.01 Å². The van der Waals surface area contributed by atoms with Crippen molar-refractivity contribution in [2.75, 3.05) is 32.1 Å². The molecule has 0 amide bonds. The summed E-state index contributed by atoms with van der Waals surface area (Å²) in [4.78, 5) is 12.1. The number of benzene rings is 1. The van der Waals surface area contributed by atoms with Gasteiger partial charge < -0.3 is 15.5 Å². The van der Waals surface area contributed by atoms with E-state index in [0.29, 0.717) is 6.54 Å². The number of thiazole rings is 1. The molecule has 2 N–H and O–H groups in total. The van der Waals surface area contributed by atoms with Gasteiger partial charge in [0.25, 0.3) is 0 Å². The summed E-state index contributed by atoms with van der Waals surface area (Å²) in [5.74, 6) is 0.820. The fourth-order valence-electron chi connectivity index (χ4n) is 2.20. The van der Waals surface area contributed by atoms with Crippen molar-refractivity contribution in [2.45, 2.75) is 19.9 Å². The van der Waals surface area contributed by atoms with Gasteiger partial charge in [-0.2, -0.15) is 0 Å². The first kappa shape index (κ1) is 20.7. The number of anilines is 1. The molecule has 24 heavy (non-hydrogen) atoms. The van der Waals surface area contributed by atoms with E-state index >= 15 is 0 Å². The highest BCUT2D eigenvalue weighted by molar-refractivity contribution is 14.0. The van der Waals surface area contributed by atoms with Gasteiger partial charge in [-0.25, -0.2) is 4.98 Å². The number of hydrogen-bond donors (Lipinski definition) is 2. The van der Waals surface area contributed by atoms with Gasteiger partial charge in [-0.15, -0.1) is 35.3 Å². The normalized spacial score (nSPS) is 10.9. The number of aryl methyl sites for hydroxylation is 1. The van der Waals surface area contributed by atoms with E-state index in [4.69, 9.17) is 0 Å². The summed E-state index contributed by atoms with van der Waals surface area (Å²) in [5.41, 5.74) is 1.24. The Bertz CT molecular complexity index is 614. The van der Waals surface area contributed by atoms with Crippen LogP contribution in [0.15, 0.2) is 41.5 Å². The minimum atomic E-state index is 0. The number of rotatable bonds is 7. The number of guanidine groups is 1. The Hall–Kier alpha value is -1.35. The summed E-state index contributed by atoms with van der Waals surface area (Å²) in [7, 11) is 3.91. The molecule has 0 aliphatic rings. The molecule has 0 aliphatic heterocycles. The molecule has 1 aromatic heterocycles. The predicted octanol–water partition coefficient (Wildman–Crippen LogP) is 3.26. The molecule has 0 radical (unpaired) electrons. The van der Waals surface area contributed by atoms with Gasteiger partial charge in [-0.3, -0.25) is 4.99 Å². The molecule has 0 atom stereocenters. The summed E-state index contributed by atoms with van der Waals surface area (Å²) in [5, 5.41) is 7.71. The molecule has 0 spiro atoms. The summed E-state index contributed by atoms with van der Waals surface area (Å²) in [6.45, 7) is 4.66. The van der Waals surface area contributed by atoms with Crippen LogP contribution in [0.2, 0.25) is 0 Å². The lowest BCUT2D eigenvalue weighted by atomic mass is 10.3. The van der Waals surface area contributed by atoms with Crippen molar-refractivity contribution in [3.63, 3.8) is 0 Å². The second-order valence-electron chi connectivity index (χ2n) is 5.33. The molecule has 0 saturated heterocycles. The average molecular weight is 459 g/mol. The van der Waals surface area contributed by atoms with Crippen LogP contribution in [0, 0.1) is 6.92 Å². The van der Waals surface area contributed by atoms with Crippen LogP contribution in [0.25, 0.3) is 0 Å². The highest BCUT2D eigenvalue weighted by atomic mass is 127. The van der Waals surface area contributed by atoms with E-state index in [-0.39, 0.29) is 24.0 Å². The average Bonchev–Trinajstić information content (AvgIpc) is 3.00. The Labute approximate surface area is 165 Å². The minimum absolute atomic E-state index is 0. The largest absolute Gasteiger partial charge is 0.375 e. The topological polar surface area (TPSA) is 52.6 Å². The first-order chi connectivity index (χ1) is 11.2. The summed E-state index contributed by atoms with van der Waals surface area (Å²) >= 11 is 1.71. The Morgan fingerprint density at radius 3 is 2.62 bits per heavy atom. The lowest BCUT2D eigenvalue weighted by molar-refractivity contribution is 0.728. The van der Waals surface area contributed by atoms with E-state index in [0.717, 1.165) is 30.5 Å². The highest BCUT2D eigenvalue weighted by Crippen LogP contribution is 2.11. The van der Waals surface area contributed by atoms with E-state index < -0.39 is 0 Å². The minimum Gasteiger partial charge on any atom is -0.375 e. The van der Waals surface area contributed by atoms with Crippen LogP contribution in [0.5, 0.6) is 0 Å². The van der Waals surface area contributed by atoms with Crippen LogP contribution in [0.3, 0.4) is 0 Å². The molecule has 5 nitrogen and oxygen atoms in total. The molecule has 2 aromatic rings. The van der Waals surface area contributed by atoms with Crippen LogP contribution >= 0.6 is 35.3 Å². The van der Waals surface area contributed by atoms with Crippen molar-refractivity contribution in [3.8, 4) is 0 Å². The highest BCUT2D eigenvalue weighted by Gasteiger charge is 2.02. The number of hydrogen-bond acceptors (Lipinski definition) is 4. The number of nitrogens with one attached hydrogen (secondary N) is 2. The second kappa shape index (κ2) is 11.2. The molecule has 1 aromatic carbocycles. The maximum Gasteiger partial charge on any atom is 0.191 e. The molecule has 0 saturated carbocycles. The van der Waals surface area contributed by atoms with Gasteiger partial charge in [-0.1, -0.05) is 18.2 Å². The number of para-hydroxylation sites is 1. The molecule has 0 aliphatic carbocycles. The van der Waals surface area contributed by atoms with Crippen molar-refractivity contribution in [1.29, 1.82) is 0 Å². The summed E-state index contributed by atoms with van der Waals surface area (Å²) in [6.07, 6.45) is 2.94. The van der Waals surface area contributed by atoms with E-state index in [1.165, 1.54) is 10.6 Å². The zero-order valence-corrected chi connectivity index (χ0v) is 17.6. The van der Waals surface area contributed by atoms with Crippen LogP contribution < -0.4 is 15.5 Å². The molecular weight excluding hydrogens is 433 g/mol. The Morgan fingerprint density at radius 2 is 2.00 bits per heavy atom. The van der Waals surface area contributed by atoms with Crippen LogP contribution in [-0.2, 0) is 6.54 Å². The van der Waals surface area contributed by atoms with Crippen LogP contribution in [-0.4, -0.2) is 38.1 Å². The van der Waals surface area contributed by atoms with Gasteiger partial charge in [0.2, 0.25) is 0 Å². The lowest BCUT2D eigenvalue weighted by Gasteiger charge is -2.19. The van der Waals surface area contributed by atoms with E-state index in [9.17, 15) is 0 Å². The molecule has 132 valence electrons. The summed E-state index contributed by atoms with van der Waals surface area (Å²) in [6, 6.07) is 10.4. The first-order valence-corrected chi connectivity index (χ1v) is 8.62. The van der Waals surface area contributed by atoms with Gasteiger partial charge in [0, 0.05) is 43.9 Å². The number of nitrogens with zero attached hydrogens (tertiary/aromatic N) is 3. The standard InChI is InChI=1S/C17H25N5S.HI/c1-14-12-20-16(23-14)13-21-17(18-2)19-10-7-11-22(3)15-8-5-4-6-9-15;/h4-6,8-9,12H,7,10-11,13H2,1-3H3,(H2,18,19,21);1H. The molecule has 7 heteroatoms. The van der Waals surface area contributed by atoms with Gasteiger partial charge in [0.15, 0.2) is 5.96 Å². The second-order valence-corrected chi connectivity index (χ2v) is 6.65. The van der Waals surface area contributed by atoms with Gasteiger partial charge in [-0.05, 0) is 25.5 Å².